The summed E-state index contributed by atoms with van der Waals surface area (Å²) in [4.78, 5) is 0. The molecule has 2 nitrogen and oxygen atoms in total. The van der Waals surface area contributed by atoms with E-state index in [4.69, 9.17) is 10.2 Å². The zero-order valence-corrected chi connectivity index (χ0v) is 8.10. The van der Waals surface area contributed by atoms with Crippen LogP contribution in [0.4, 0.5) is 0 Å². The molecule has 70 valence electrons. The van der Waals surface area contributed by atoms with Crippen LogP contribution in [-0.4, -0.2) is 22.4 Å². The molecule has 0 aliphatic heterocycles. The summed E-state index contributed by atoms with van der Waals surface area (Å²) in [6, 6.07) is 0. The quantitative estimate of drug-likeness (QED) is 0.636. The highest BCUT2D eigenvalue weighted by Gasteiger charge is 2.08. The Morgan fingerprint density at radius 2 is 1.73 bits per heavy atom. The van der Waals surface area contributed by atoms with Crippen molar-refractivity contribution in [1.82, 2.24) is 0 Å². The molecule has 0 aliphatic rings. The molecule has 0 saturated heterocycles. The first-order chi connectivity index (χ1) is 4.68. The Hall–Kier alpha value is 0.210. The summed E-state index contributed by atoms with van der Waals surface area (Å²) in [5.41, 5.74) is 0. The van der Waals surface area contributed by atoms with Crippen molar-refractivity contribution >= 4 is 12.4 Å². The molecule has 0 radical (unpaired) electrons. The fourth-order valence-electron chi connectivity index (χ4n) is 0.845. The van der Waals surface area contributed by atoms with Gasteiger partial charge in [0.15, 0.2) is 0 Å². The molecule has 0 rings (SSSR count). The number of hydrogen-bond acceptors (Lipinski definition) is 2. The number of unbranched alkanes of at least 4 members (excludes halogenated alkanes) is 2. The molecule has 0 aromatic heterocycles. The predicted molar refractivity (Wildman–Crippen MR) is 49.1 cm³/mol. The fourth-order valence-corrected chi connectivity index (χ4v) is 0.845. The molecule has 0 aromatic rings. The molecule has 0 fully saturated rings. The first-order valence-electron chi connectivity index (χ1n) is 4.04. The maximum Gasteiger partial charge on any atom is 0.0796 e. The monoisotopic (exact) mass is 182 g/mol. The molecule has 0 aliphatic carbocycles. The third-order valence-electron chi connectivity index (χ3n) is 1.66. The molecule has 0 bridgehead atoms. The Kier molecular flexibility index (Phi) is 10.4. The standard InChI is InChI=1S/C8H18O2.ClH/c1-3-4-5-6-8(10)7(2)9;/h7-10H,3-6H2,1-2H3;1H. The molecule has 0 spiro atoms. The topological polar surface area (TPSA) is 40.5 Å². The van der Waals surface area contributed by atoms with Gasteiger partial charge in [0.2, 0.25) is 0 Å². The Balaban J connectivity index is 0. The van der Waals surface area contributed by atoms with Crippen LogP contribution < -0.4 is 0 Å². The van der Waals surface area contributed by atoms with E-state index >= 15 is 0 Å². The molecular formula is C8H19ClO2. The van der Waals surface area contributed by atoms with Gasteiger partial charge in [0.25, 0.3) is 0 Å². The third-order valence-corrected chi connectivity index (χ3v) is 1.66. The van der Waals surface area contributed by atoms with E-state index in [0.29, 0.717) is 0 Å². The van der Waals surface area contributed by atoms with Gasteiger partial charge in [0, 0.05) is 0 Å². The van der Waals surface area contributed by atoms with Crippen molar-refractivity contribution in [3.63, 3.8) is 0 Å². The summed E-state index contributed by atoms with van der Waals surface area (Å²) in [5.74, 6) is 0. The molecule has 3 heteroatoms. The average Bonchev–Trinajstić information content (AvgIpc) is 1.88. The predicted octanol–water partition coefficient (Wildman–Crippen LogP) is 1.73. The van der Waals surface area contributed by atoms with Gasteiger partial charge in [-0.05, 0) is 13.3 Å². The Bertz CT molecular complexity index is 76.5. The van der Waals surface area contributed by atoms with E-state index in [-0.39, 0.29) is 12.4 Å². The van der Waals surface area contributed by atoms with Gasteiger partial charge >= 0.3 is 0 Å². The second-order valence-electron chi connectivity index (χ2n) is 2.80. The summed E-state index contributed by atoms with van der Waals surface area (Å²) in [5, 5.41) is 18.0. The second kappa shape index (κ2) is 8.31. The molecule has 11 heavy (non-hydrogen) atoms. The zero-order valence-electron chi connectivity index (χ0n) is 7.29. The third kappa shape index (κ3) is 8.11. The van der Waals surface area contributed by atoms with Crippen molar-refractivity contribution in [3.8, 4) is 0 Å². The van der Waals surface area contributed by atoms with Gasteiger partial charge in [-0.25, -0.2) is 0 Å². The summed E-state index contributed by atoms with van der Waals surface area (Å²) >= 11 is 0. The first-order valence-corrected chi connectivity index (χ1v) is 4.04. The summed E-state index contributed by atoms with van der Waals surface area (Å²) in [7, 11) is 0. The fraction of sp³-hybridized carbons (Fsp3) is 1.00. The lowest BCUT2D eigenvalue weighted by Crippen LogP contribution is -2.21. The van der Waals surface area contributed by atoms with Crippen LogP contribution in [0.3, 0.4) is 0 Å². The van der Waals surface area contributed by atoms with Gasteiger partial charge in [-0.15, -0.1) is 12.4 Å². The highest BCUT2D eigenvalue weighted by molar-refractivity contribution is 5.85. The number of hydrogen-bond donors (Lipinski definition) is 2. The molecule has 0 aromatic carbocycles. The first kappa shape index (κ1) is 13.8. The van der Waals surface area contributed by atoms with E-state index in [1.165, 1.54) is 0 Å². The van der Waals surface area contributed by atoms with E-state index in [0.717, 1.165) is 25.7 Å². The summed E-state index contributed by atoms with van der Waals surface area (Å²) in [6.07, 6.45) is 2.95. The minimum atomic E-state index is -0.572. The van der Waals surface area contributed by atoms with Crippen molar-refractivity contribution in [2.24, 2.45) is 0 Å². The lowest BCUT2D eigenvalue weighted by molar-refractivity contribution is 0.0247. The number of halogens is 1. The Morgan fingerprint density at radius 3 is 2.09 bits per heavy atom. The summed E-state index contributed by atoms with van der Waals surface area (Å²) < 4.78 is 0. The molecule has 0 amide bonds. The van der Waals surface area contributed by atoms with Gasteiger partial charge in [-0.2, -0.15) is 0 Å². The lowest BCUT2D eigenvalue weighted by Gasteiger charge is -2.12. The number of aliphatic hydroxyl groups is 2. The van der Waals surface area contributed by atoms with Crippen LogP contribution >= 0.6 is 12.4 Å². The highest BCUT2D eigenvalue weighted by atomic mass is 35.5. The molecule has 2 atom stereocenters. The van der Waals surface area contributed by atoms with Crippen molar-refractivity contribution in [2.45, 2.75) is 51.7 Å². The average molecular weight is 183 g/mol. The van der Waals surface area contributed by atoms with Crippen LogP contribution in [-0.2, 0) is 0 Å². The van der Waals surface area contributed by atoms with Crippen molar-refractivity contribution in [2.75, 3.05) is 0 Å². The molecule has 0 saturated carbocycles. The zero-order chi connectivity index (χ0) is 7.98. The normalized spacial score (nSPS) is 15.3. The molecule has 0 heterocycles. The van der Waals surface area contributed by atoms with E-state index in [2.05, 4.69) is 6.92 Å². The van der Waals surface area contributed by atoms with E-state index in [1.54, 1.807) is 6.92 Å². The van der Waals surface area contributed by atoms with Gasteiger partial charge in [0.05, 0.1) is 12.2 Å². The molecular weight excluding hydrogens is 164 g/mol. The number of aliphatic hydroxyl groups excluding tert-OH is 2. The minimum absolute atomic E-state index is 0. The number of rotatable bonds is 5. The van der Waals surface area contributed by atoms with E-state index < -0.39 is 12.2 Å². The molecule has 2 unspecified atom stereocenters. The van der Waals surface area contributed by atoms with Crippen LogP contribution in [0.15, 0.2) is 0 Å². The van der Waals surface area contributed by atoms with Gasteiger partial charge < -0.3 is 10.2 Å². The van der Waals surface area contributed by atoms with Crippen molar-refractivity contribution < 1.29 is 10.2 Å². The van der Waals surface area contributed by atoms with Crippen molar-refractivity contribution in [3.05, 3.63) is 0 Å². The van der Waals surface area contributed by atoms with Crippen LogP contribution in [0.2, 0.25) is 0 Å². The smallest absolute Gasteiger partial charge is 0.0796 e. The maximum atomic E-state index is 9.10. The Morgan fingerprint density at radius 1 is 1.18 bits per heavy atom. The van der Waals surface area contributed by atoms with Crippen LogP contribution in [0.1, 0.15) is 39.5 Å². The Labute approximate surface area is 75.0 Å². The molecule has 2 N–H and O–H groups in total. The minimum Gasteiger partial charge on any atom is -0.391 e. The highest BCUT2D eigenvalue weighted by Crippen LogP contribution is 2.05. The van der Waals surface area contributed by atoms with E-state index in [9.17, 15) is 0 Å². The van der Waals surface area contributed by atoms with Gasteiger partial charge in [-0.1, -0.05) is 26.2 Å². The van der Waals surface area contributed by atoms with Crippen LogP contribution in [0, 0.1) is 0 Å². The SMILES string of the molecule is CCCCCC(O)C(C)O.Cl. The maximum absolute atomic E-state index is 9.10. The summed E-state index contributed by atoms with van der Waals surface area (Å²) in [6.45, 7) is 3.74. The van der Waals surface area contributed by atoms with Gasteiger partial charge in [0.1, 0.15) is 0 Å². The van der Waals surface area contributed by atoms with Crippen LogP contribution in [0.25, 0.3) is 0 Å². The second-order valence-corrected chi connectivity index (χ2v) is 2.80. The van der Waals surface area contributed by atoms with Crippen molar-refractivity contribution in [1.29, 1.82) is 0 Å². The van der Waals surface area contributed by atoms with E-state index in [1.807, 2.05) is 0 Å². The van der Waals surface area contributed by atoms with Gasteiger partial charge in [-0.3, -0.25) is 0 Å². The lowest BCUT2D eigenvalue weighted by atomic mass is 10.1. The van der Waals surface area contributed by atoms with Crippen LogP contribution in [0.5, 0.6) is 0 Å². The largest absolute Gasteiger partial charge is 0.391 e.